The van der Waals surface area contributed by atoms with Gasteiger partial charge in [-0.1, -0.05) is 6.07 Å². The molecule has 0 N–H and O–H groups in total. The molecule has 0 radical (unpaired) electrons. The van der Waals surface area contributed by atoms with Crippen molar-refractivity contribution in [3.63, 3.8) is 0 Å². The lowest BCUT2D eigenvalue weighted by Crippen LogP contribution is -2.50. The Bertz CT molecular complexity index is 989. The molecule has 0 unspecified atom stereocenters. The van der Waals surface area contributed by atoms with E-state index in [4.69, 9.17) is 0 Å². The van der Waals surface area contributed by atoms with Crippen molar-refractivity contribution in [3.8, 4) is 10.6 Å². The Morgan fingerprint density at radius 1 is 1.18 bits per heavy atom. The number of amides is 2. The minimum atomic E-state index is -3.07. The predicted octanol–water partition coefficient (Wildman–Crippen LogP) is 1.28. The molecule has 2 saturated heterocycles. The Morgan fingerprint density at radius 2 is 1.89 bits per heavy atom. The van der Waals surface area contributed by atoms with Crippen molar-refractivity contribution < 1.29 is 18.0 Å². The van der Waals surface area contributed by atoms with E-state index in [9.17, 15) is 18.0 Å². The SMILES string of the molecule is CC(=O)N1CCN(C(=O)c2cc(-c3cccs3)n([C@H]3CCS(=O)(=O)C3)n2)CC1. The second-order valence-electron chi connectivity index (χ2n) is 7.19. The molecule has 150 valence electrons. The number of carbonyl (C=O) groups is 2. The van der Waals surface area contributed by atoms with Gasteiger partial charge in [-0.2, -0.15) is 5.10 Å². The van der Waals surface area contributed by atoms with Crippen LogP contribution in [-0.2, 0) is 14.6 Å². The highest BCUT2D eigenvalue weighted by molar-refractivity contribution is 7.91. The Kier molecular flexibility index (Phi) is 5.00. The van der Waals surface area contributed by atoms with Crippen LogP contribution in [0.3, 0.4) is 0 Å². The predicted molar refractivity (Wildman–Crippen MR) is 106 cm³/mol. The van der Waals surface area contributed by atoms with Gasteiger partial charge in [-0.05, 0) is 23.9 Å². The molecule has 2 aromatic rings. The van der Waals surface area contributed by atoms with Gasteiger partial charge < -0.3 is 9.80 Å². The van der Waals surface area contributed by atoms with Crippen molar-refractivity contribution in [3.05, 3.63) is 29.3 Å². The molecule has 0 saturated carbocycles. The monoisotopic (exact) mass is 422 g/mol. The van der Waals surface area contributed by atoms with Crippen LogP contribution >= 0.6 is 11.3 Å². The molecule has 0 aliphatic carbocycles. The van der Waals surface area contributed by atoms with Gasteiger partial charge in [-0.25, -0.2) is 8.42 Å². The maximum atomic E-state index is 13.0. The van der Waals surface area contributed by atoms with E-state index >= 15 is 0 Å². The van der Waals surface area contributed by atoms with Crippen LogP contribution in [-0.4, -0.2) is 77.5 Å². The number of piperazine rings is 1. The lowest BCUT2D eigenvalue weighted by molar-refractivity contribution is -0.130. The summed E-state index contributed by atoms with van der Waals surface area (Å²) in [5.41, 5.74) is 1.10. The molecular weight excluding hydrogens is 400 g/mol. The van der Waals surface area contributed by atoms with Crippen molar-refractivity contribution in [2.24, 2.45) is 0 Å². The number of nitrogens with zero attached hydrogens (tertiary/aromatic N) is 4. The molecule has 4 rings (SSSR count). The van der Waals surface area contributed by atoms with Gasteiger partial charge in [0.05, 0.1) is 28.1 Å². The fourth-order valence-electron chi connectivity index (χ4n) is 3.74. The maximum Gasteiger partial charge on any atom is 0.274 e. The van der Waals surface area contributed by atoms with Gasteiger partial charge in [-0.3, -0.25) is 14.3 Å². The van der Waals surface area contributed by atoms with E-state index in [0.29, 0.717) is 38.3 Å². The van der Waals surface area contributed by atoms with Crippen LogP contribution in [0, 0.1) is 0 Å². The van der Waals surface area contributed by atoms with Crippen LogP contribution in [0.25, 0.3) is 10.6 Å². The fourth-order valence-corrected chi connectivity index (χ4v) is 6.17. The summed E-state index contributed by atoms with van der Waals surface area (Å²) in [7, 11) is -3.07. The third-order valence-corrected chi connectivity index (χ3v) is 7.94. The molecule has 2 amide bonds. The molecule has 2 fully saturated rings. The molecule has 4 heterocycles. The summed E-state index contributed by atoms with van der Waals surface area (Å²) >= 11 is 1.53. The van der Waals surface area contributed by atoms with Crippen molar-refractivity contribution in [2.75, 3.05) is 37.7 Å². The third kappa shape index (κ3) is 3.70. The number of hydrogen-bond acceptors (Lipinski definition) is 6. The molecule has 0 bridgehead atoms. The Balaban J connectivity index is 1.61. The van der Waals surface area contributed by atoms with E-state index in [0.717, 1.165) is 10.6 Å². The van der Waals surface area contributed by atoms with Gasteiger partial charge in [0.25, 0.3) is 5.91 Å². The third-order valence-electron chi connectivity index (χ3n) is 5.29. The van der Waals surface area contributed by atoms with E-state index in [1.54, 1.807) is 20.5 Å². The highest BCUT2D eigenvalue weighted by Gasteiger charge is 2.33. The van der Waals surface area contributed by atoms with E-state index in [-0.39, 0.29) is 29.4 Å². The lowest BCUT2D eigenvalue weighted by atomic mass is 10.2. The van der Waals surface area contributed by atoms with Crippen LogP contribution < -0.4 is 0 Å². The Labute approximate surface area is 167 Å². The standard InChI is InChI=1S/C18H22N4O4S2/c1-13(23)20-5-7-21(8-6-20)18(24)15-11-16(17-3-2-9-27-17)22(19-15)14-4-10-28(25,26)12-14/h2-3,9,11,14H,4-8,10,12H2,1H3/t14-/m0/s1. The maximum absolute atomic E-state index is 13.0. The molecule has 1 atom stereocenters. The van der Waals surface area contributed by atoms with E-state index in [1.807, 2.05) is 17.5 Å². The summed E-state index contributed by atoms with van der Waals surface area (Å²) in [6.07, 6.45) is 0.507. The highest BCUT2D eigenvalue weighted by atomic mass is 32.2. The van der Waals surface area contributed by atoms with Gasteiger partial charge >= 0.3 is 0 Å². The number of sulfone groups is 1. The average molecular weight is 423 g/mol. The quantitative estimate of drug-likeness (QED) is 0.743. The van der Waals surface area contributed by atoms with Gasteiger partial charge in [0.1, 0.15) is 0 Å². The zero-order chi connectivity index (χ0) is 19.9. The highest BCUT2D eigenvalue weighted by Crippen LogP contribution is 2.32. The van der Waals surface area contributed by atoms with Gasteiger partial charge in [0.15, 0.2) is 15.5 Å². The zero-order valence-electron chi connectivity index (χ0n) is 15.6. The number of aromatic nitrogens is 2. The largest absolute Gasteiger partial charge is 0.339 e. The zero-order valence-corrected chi connectivity index (χ0v) is 17.2. The van der Waals surface area contributed by atoms with Crippen LogP contribution in [0.4, 0.5) is 0 Å². The topological polar surface area (TPSA) is 92.6 Å². The van der Waals surface area contributed by atoms with E-state index in [1.165, 1.54) is 18.3 Å². The van der Waals surface area contributed by atoms with Crippen molar-refractivity contribution in [1.82, 2.24) is 19.6 Å². The van der Waals surface area contributed by atoms with Gasteiger partial charge in [0, 0.05) is 33.1 Å². The smallest absolute Gasteiger partial charge is 0.274 e. The van der Waals surface area contributed by atoms with Crippen LogP contribution in [0.1, 0.15) is 29.9 Å². The summed E-state index contributed by atoms with van der Waals surface area (Å²) in [6, 6.07) is 5.38. The van der Waals surface area contributed by atoms with Crippen LogP contribution in [0.15, 0.2) is 23.6 Å². The minimum absolute atomic E-state index is 0.0128. The summed E-state index contributed by atoms with van der Waals surface area (Å²) in [6.45, 7) is 3.50. The summed E-state index contributed by atoms with van der Waals surface area (Å²) in [5.74, 6) is 0.0368. The van der Waals surface area contributed by atoms with E-state index in [2.05, 4.69) is 5.10 Å². The number of hydrogen-bond donors (Lipinski definition) is 0. The second-order valence-corrected chi connectivity index (χ2v) is 10.4. The Hall–Kier alpha value is -2.20. The lowest BCUT2D eigenvalue weighted by Gasteiger charge is -2.33. The van der Waals surface area contributed by atoms with Gasteiger partial charge in [-0.15, -0.1) is 11.3 Å². The van der Waals surface area contributed by atoms with Crippen LogP contribution in [0.2, 0.25) is 0 Å². The van der Waals surface area contributed by atoms with Crippen LogP contribution in [0.5, 0.6) is 0 Å². The molecular formula is C18H22N4O4S2. The van der Waals surface area contributed by atoms with Crippen molar-refractivity contribution >= 4 is 33.0 Å². The molecule has 2 aliphatic rings. The molecule has 10 heteroatoms. The second kappa shape index (κ2) is 7.32. The number of carbonyl (C=O) groups excluding carboxylic acids is 2. The van der Waals surface area contributed by atoms with Gasteiger partial charge in [0.2, 0.25) is 5.91 Å². The first kappa shape index (κ1) is 19.1. The first-order valence-electron chi connectivity index (χ1n) is 9.23. The Morgan fingerprint density at radius 3 is 2.46 bits per heavy atom. The average Bonchev–Trinajstić information content (AvgIpc) is 3.39. The molecule has 8 nitrogen and oxygen atoms in total. The minimum Gasteiger partial charge on any atom is -0.339 e. The van der Waals surface area contributed by atoms with Crippen molar-refractivity contribution in [2.45, 2.75) is 19.4 Å². The molecule has 0 aromatic carbocycles. The number of thiophene rings is 1. The first-order chi connectivity index (χ1) is 13.3. The summed E-state index contributed by atoms with van der Waals surface area (Å²) < 4.78 is 25.6. The first-order valence-corrected chi connectivity index (χ1v) is 11.9. The fraction of sp³-hybridized carbons (Fsp3) is 0.500. The normalized spacial score (nSPS) is 21.8. The molecule has 2 aromatic heterocycles. The summed E-state index contributed by atoms with van der Waals surface area (Å²) in [4.78, 5) is 28.9. The number of rotatable bonds is 3. The van der Waals surface area contributed by atoms with E-state index < -0.39 is 9.84 Å². The van der Waals surface area contributed by atoms with Crippen molar-refractivity contribution in [1.29, 1.82) is 0 Å². The molecule has 0 spiro atoms. The molecule has 2 aliphatic heterocycles. The summed E-state index contributed by atoms with van der Waals surface area (Å²) in [5, 5.41) is 6.48. The molecule has 28 heavy (non-hydrogen) atoms.